The van der Waals surface area contributed by atoms with Gasteiger partial charge < -0.3 is 10.1 Å². The van der Waals surface area contributed by atoms with Gasteiger partial charge >= 0.3 is 12.4 Å². The van der Waals surface area contributed by atoms with Crippen molar-refractivity contribution in [2.24, 2.45) is 0 Å². The van der Waals surface area contributed by atoms with Crippen LogP contribution in [-0.4, -0.2) is 26.7 Å². The molecule has 0 aromatic heterocycles. The topological polar surface area (TPSA) is 72.5 Å². The Morgan fingerprint density at radius 1 is 0.960 bits per heavy atom. The van der Waals surface area contributed by atoms with E-state index in [9.17, 15) is 30.8 Å². The third kappa shape index (κ3) is 4.47. The van der Waals surface area contributed by atoms with Crippen LogP contribution in [0.2, 0.25) is 0 Å². The lowest BCUT2D eigenvalue weighted by atomic mass is 10.2. The Morgan fingerprint density at radius 3 is 2.12 bits per heavy atom. The minimum Gasteiger partial charge on any atom is -0.433 e. The molecular formula is C15H11F4NO4S. The lowest BCUT2D eigenvalue weighted by molar-refractivity contribution is -0.0493. The van der Waals surface area contributed by atoms with Crippen LogP contribution in [0.4, 0.5) is 23.2 Å². The molecular weight excluding hydrogens is 366 g/mol. The van der Waals surface area contributed by atoms with E-state index in [1.54, 1.807) is 0 Å². The molecule has 0 aliphatic carbocycles. The van der Waals surface area contributed by atoms with Gasteiger partial charge in [-0.1, -0.05) is 12.1 Å². The van der Waals surface area contributed by atoms with Crippen LogP contribution < -0.4 is 10.1 Å². The maximum Gasteiger partial charge on any atom is 0.387 e. The summed E-state index contributed by atoms with van der Waals surface area (Å²) in [6.07, 6.45) is 0. The number of anilines is 1. The van der Waals surface area contributed by atoms with Gasteiger partial charge in [0.05, 0.1) is 10.6 Å². The van der Waals surface area contributed by atoms with E-state index in [2.05, 4.69) is 10.1 Å². The summed E-state index contributed by atoms with van der Waals surface area (Å²) in [7, 11) is -4.77. The Hall–Kier alpha value is -2.62. The fourth-order valence-corrected chi connectivity index (χ4v) is 2.58. The van der Waals surface area contributed by atoms with Crippen molar-refractivity contribution >= 4 is 21.4 Å². The second kappa shape index (κ2) is 7.51. The molecule has 2 aromatic rings. The molecule has 134 valence electrons. The third-order valence-corrected chi connectivity index (χ3v) is 4.43. The molecule has 0 fully saturated rings. The van der Waals surface area contributed by atoms with E-state index in [1.807, 2.05) is 0 Å². The molecule has 0 bridgehead atoms. The Kier molecular flexibility index (Phi) is 5.62. The van der Waals surface area contributed by atoms with Crippen LogP contribution in [0.1, 0.15) is 10.4 Å². The minimum absolute atomic E-state index is 0.0305. The lowest BCUT2D eigenvalue weighted by Crippen LogP contribution is -2.15. The van der Waals surface area contributed by atoms with Crippen molar-refractivity contribution in [2.75, 3.05) is 5.32 Å². The average molecular weight is 377 g/mol. The predicted octanol–water partition coefficient (Wildman–Crippen LogP) is 3.54. The van der Waals surface area contributed by atoms with Crippen molar-refractivity contribution in [1.29, 1.82) is 0 Å². The normalized spacial score (nSPS) is 11.6. The number of alkyl halides is 4. The summed E-state index contributed by atoms with van der Waals surface area (Å²) in [5.74, 6) is -4.60. The second-order valence-electron chi connectivity index (χ2n) is 4.66. The predicted molar refractivity (Wildman–Crippen MR) is 80.7 cm³/mol. The third-order valence-electron chi connectivity index (χ3n) is 3.03. The smallest absolute Gasteiger partial charge is 0.387 e. The molecule has 0 radical (unpaired) electrons. The molecule has 5 nitrogen and oxygen atoms in total. The fourth-order valence-electron chi connectivity index (χ4n) is 1.86. The van der Waals surface area contributed by atoms with Crippen molar-refractivity contribution in [3.05, 3.63) is 54.1 Å². The van der Waals surface area contributed by atoms with Gasteiger partial charge in [-0.15, -0.1) is 0 Å². The molecule has 0 saturated carbocycles. The first-order valence-corrected chi connectivity index (χ1v) is 8.24. The molecule has 0 atom stereocenters. The van der Waals surface area contributed by atoms with Crippen molar-refractivity contribution in [2.45, 2.75) is 17.3 Å². The van der Waals surface area contributed by atoms with Gasteiger partial charge in [-0.05, 0) is 36.4 Å². The number of halogens is 4. The first-order chi connectivity index (χ1) is 11.7. The standard InChI is InChI=1S/C15H11F4NO4S/c16-14(17)24-12-4-2-1-3-11(12)20-13(21)9-5-7-10(8-6-9)25(22,23)15(18)19/h1-8,14-15H,(H,20,21). The van der Waals surface area contributed by atoms with Crippen molar-refractivity contribution in [3.63, 3.8) is 0 Å². The molecule has 0 aliphatic heterocycles. The van der Waals surface area contributed by atoms with Gasteiger partial charge in [0.15, 0.2) is 0 Å². The van der Waals surface area contributed by atoms with Gasteiger partial charge in [-0.25, -0.2) is 8.42 Å². The molecule has 2 aromatic carbocycles. The van der Waals surface area contributed by atoms with Crippen LogP contribution in [0, 0.1) is 0 Å². The van der Waals surface area contributed by atoms with Crippen LogP contribution in [0.3, 0.4) is 0 Å². The van der Waals surface area contributed by atoms with Gasteiger partial charge in [0, 0.05) is 5.56 Å². The highest BCUT2D eigenvalue weighted by atomic mass is 32.2. The van der Waals surface area contributed by atoms with Crippen molar-refractivity contribution in [3.8, 4) is 5.75 Å². The lowest BCUT2D eigenvalue weighted by Gasteiger charge is -2.12. The monoisotopic (exact) mass is 377 g/mol. The number of hydrogen-bond donors (Lipinski definition) is 1. The van der Waals surface area contributed by atoms with E-state index in [0.29, 0.717) is 0 Å². The minimum atomic E-state index is -4.77. The number of benzene rings is 2. The van der Waals surface area contributed by atoms with Crippen LogP contribution in [0.25, 0.3) is 0 Å². The SMILES string of the molecule is O=C(Nc1ccccc1OC(F)F)c1ccc(S(=O)(=O)C(F)F)cc1. The zero-order valence-electron chi connectivity index (χ0n) is 12.3. The summed E-state index contributed by atoms with van der Waals surface area (Å²) in [6.45, 7) is -3.09. The van der Waals surface area contributed by atoms with E-state index < -0.39 is 33.0 Å². The van der Waals surface area contributed by atoms with E-state index in [1.165, 1.54) is 24.3 Å². The summed E-state index contributed by atoms with van der Waals surface area (Å²) in [5, 5.41) is 2.32. The van der Waals surface area contributed by atoms with Gasteiger partial charge in [0.1, 0.15) is 5.75 Å². The zero-order valence-corrected chi connectivity index (χ0v) is 13.1. The van der Waals surface area contributed by atoms with Gasteiger partial charge in [-0.3, -0.25) is 4.79 Å². The average Bonchev–Trinajstić information content (AvgIpc) is 2.56. The number of amides is 1. The molecule has 1 N–H and O–H groups in total. The van der Waals surface area contributed by atoms with Crippen LogP contribution in [0.15, 0.2) is 53.4 Å². The van der Waals surface area contributed by atoms with Gasteiger partial charge in [-0.2, -0.15) is 17.6 Å². The van der Waals surface area contributed by atoms with E-state index in [-0.39, 0.29) is 17.0 Å². The number of carbonyl (C=O) groups is 1. The summed E-state index contributed by atoms with van der Waals surface area (Å²) >= 11 is 0. The summed E-state index contributed by atoms with van der Waals surface area (Å²) < 4.78 is 76.4. The zero-order chi connectivity index (χ0) is 18.6. The highest BCUT2D eigenvalue weighted by Gasteiger charge is 2.26. The Bertz CT molecular complexity index is 854. The number of nitrogens with one attached hydrogen (secondary N) is 1. The second-order valence-corrected chi connectivity index (χ2v) is 6.58. The number of sulfone groups is 1. The fraction of sp³-hybridized carbons (Fsp3) is 0.133. The maximum atomic E-state index is 12.5. The molecule has 0 spiro atoms. The molecule has 1 amide bonds. The Balaban J connectivity index is 2.20. The number of hydrogen-bond acceptors (Lipinski definition) is 4. The first-order valence-electron chi connectivity index (χ1n) is 6.69. The molecule has 0 heterocycles. The first kappa shape index (κ1) is 18.7. The van der Waals surface area contributed by atoms with Crippen molar-refractivity contribution in [1.82, 2.24) is 0 Å². The number of carbonyl (C=O) groups excluding carboxylic acids is 1. The van der Waals surface area contributed by atoms with Crippen LogP contribution >= 0.6 is 0 Å². The highest BCUT2D eigenvalue weighted by Crippen LogP contribution is 2.26. The summed E-state index contributed by atoms with van der Waals surface area (Å²) in [6, 6.07) is 9.23. The molecule has 0 saturated heterocycles. The van der Waals surface area contributed by atoms with E-state index in [4.69, 9.17) is 0 Å². The molecule has 2 rings (SSSR count). The molecule has 0 unspecified atom stereocenters. The number of para-hydroxylation sites is 2. The van der Waals surface area contributed by atoms with Gasteiger partial charge in [0.2, 0.25) is 9.84 Å². The molecule has 10 heteroatoms. The number of ether oxygens (including phenoxy) is 1. The Morgan fingerprint density at radius 2 is 1.56 bits per heavy atom. The van der Waals surface area contributed by atoms with Crippen LogP contribution in [0.5, 0.6) is 5.75 Å². The summed E-state index contributed by atoms with van der Waals surface area (Å²) in [5.41, 5.74) is -0.0860. The van der Waals surface area contributed by atoms with Crippen LogP contribution in [-0.2, 0) is 9.84 Å². The van der Waals surface area contributed by atoms with E-state index >= 15 is 0 Å². The maximum absolute atomic E-state index is 12.5. The number of rotatable bonds is 6. The largest absolute Gasteiger partial charge is 0.433 e. The Labute approximate surface area is 140 Å². The quantitative estimate of drug-likeness (QED) is 0.782. The van der Waals surface area contributed by atoms with Gasteiger partial charge in [0.25, 0.3) is 5.91 Å². The summed E-state index contributed by atoms with van der Waals surface area (Å²) in [4.78, 5) is 11.5. The molecule has 25 heavy (non-hydrogen) atoms. The highest BCUT2D eigenvalue weighted by molar-refractivity contribution is 7.91. The van der Waals surface area contributed by atoms with E-state index in [0.717, 1.165) is 24.3 Å². The molecule has 0 aliphatic rings. The van der Waals surface area contributed by atoms with Crippen molar-refractivity contribution < 1.29 is 35.5 Å².